The van der Waals surface area contributed by atoms with E-state index in [9.17, 15) is 9.59 Å². The zero-order valence-corrected chi connectivity index (χ0v) is 12.9. The molecule has 0 bridgehead atoms. The van der Waals surface area contributed by atoms with Crippen LogP contribution in [0.25, 0.3) is 0 Å². The number of carbonyl (C=O) groups excluding carboxylic acids is 2. The van der Waals surface area contributed by atoms with Gasteiger partial charge in [0.1, 0.15) is 6.54 Å². The first kappa shape index (κ1) is 15.3. The maximum absolute atomic E-state index is 12.1. The molecule has 0 radical (unpaired) electrons. The van der Waals surface area contributed by atoms with Crippen molar-refractivity contribution in [1.82, 2.24) is 20.0 Å². The Kier molecular flexibility index (Phi) is 4.71. The second-order valence-electron chi connectivity index (χ2n) is 5.75. The van der Waals surface area contributed by atoms with Gasteiger partial charge in [-0.15, -0.1) is 0 Å². The molecule has 1 saturated heterocycles. The highest BCUT2D eigenvalue weighted by atomic mass is 16.2. The van der Waals surface area contributed by atoms with Gasteiger partial charge in [0.25, 0.3) is 0 Å². The molecule has 0 aliphatic carbocycles. The molecule has 2 amide bonds. The van der Waals surface area contributed by atoms with Crippen LogP contribution >= 0.6 is 0 Å². The summed E-state index contributed by atoms with van der Waals surface area (Å²) in [5.74, 6) is -0.0123. The summed E-state index contributed by atoms with van der Waals surface area (Å²) in [5, 5.41) is 6.92. The lowest BCUT2D eigenvalue weighted by molar-refractivity contribution is -0.127. The lowest BCUT2D eigenvalue weighted by atomic mass is 10.1. The number of likely N-dealkylation sites (tertiary alicyclic amines) is 1. The molecule has 120 valence electrons. The number of rotatable bonds is 6. The third-order valence-electron chi connectivity index (χ3n) is 3.96. The molecule has 0 spiro atoms. The van der Waals surface area contributed by atoms with Crippen LogP contribution in [0.2, 0.25) is 0 Å². The summed E-state index contributed by atoms with van der Waals surface area (Å²) >= 11 is 0. The van der Waals surface area contributed by atoms with E-state index in [4.69, 9.17) is 0 Å². The molecule has 6 nitrogen and oxygen atoms in total. The van der Waals surface area contributed by atoms with E-state index >= 15 is 0 Å². The number of benzene rings is 1. The van der Waals surface area contributed by atoms with Crippen molar-refractivity contribution in [3.8, 4) is 0 Å². The van der Waals surface area contributed by atoms with Crippen LogP contribution in [0.5, 0.6) is 0 Å². The Bertz CT molecular complexity index is 654. The zero-order valence-electron chi connectivity index (χ0n) is 12.9. The van der Waals surface area contributed by atoms with Gasteiger partial charge < -0.3 is 10.2 Å². The molecule has 0 saturated carbocycles. The molecule has 1 aliphatic rings. The van der Waals surface area contributed by atoms with Crippen LogP contribution in [0.1, 0.15) is 12.0 Å². The van der Waals surface area contributed by atoms with E-state index in [1.54, 1.807) is 23.1 Å². The van der Waals surface area contributed by atoms with Gasteiger partial charge in [-0.25, -0.2) is 0 Å². The fraction of sp³-hybridized carbons (Fsp3) is 0.353. The quantitative estimate of drug-likeness (QED) is 0.859. The van der Waals surface area contributed by atoms with Gasteiger partial charge in [0, 0.05) is 31.9 Å². The first-order valence-corrected chi connectivity index (χ1v) is 7.79. The normalized spacial score (nSPS) is 17.5. The summed E-state index contributed by atoms with van der Waals surface area (Å²) in [6, 6.07) is 11.8. The van der Waals surface area contributed by atoms with E-state index in [0.717, 1.165) is 6.42 Å². The van der Waals surface area contributed by atoms with Crippen molar-refractivity contribution in [1.29, 1.82) is 0 Å². The van der Waals surface area contributed by atoms with Crippen molar-refractivity contribution in [3.63, 3.8) is 0 Å². The molecular weight excluding hydrogens is 292 g/mol. The van der Waals surface area contributed by atoms with Crippen LogP contribution in [-0.4, -0.2) is 45.6 Å². The fourth-order valence-corrected chi connectivity index (χ4v) is 2.81. The molecule has 1 aromatic heterocycles. The monoisotopic (exact) mass is 312 g/mol. The van der Waals surface area contributed by atoms with Gasteiger partial charge >= 0.3 is 0 Å². The molecule has 23 heavy (non-hydrogen) atoms. The minimum Gasteiger partial charge on any atom is -0.349 e. The Balaban J connectivity index is 1.46. The first-order valence-electron chi connectivity index (χ1n) is 7.79. The average molecular weight is 312 g/mol. The van der Waals surface area contributed by atoms with Crippen LogP contribution in [0, 0.1) is 0 Å². The molecule has 1 N–H and O–H groups in total. The van der Waals surface area contributed by atoms with Crippen molar-refractivity contribution >= 4 is 11.8 Å². The first-order chi connectivity index (χ1) is 11.2. The van der Waals surface area contributed by atoms with Crippen LogP contribution < -0.4 is 5.32 Å². The SMILES string of the molecule is O=C(Cn1cccn1)NC1CC(=O)N(CCc2ccccc2)C1. The van der Waals surface area contributed by atoms with Crippen molar-refractivity contribution < 1.29 is 9.59 Å². The van der Waals surface area contributed by atoms with E-state index in [-0.39, 0.29) is 24.4 Å². The topological polar surface area (TPSA) is 67.2 Å². The minimum atomic E-state index is -0.114. The molecule has 1 atom stereocenters. The summed E-state index contributed by atoms with van der Waals surface area (Å²) in [5.41, 5.74) is 1.21. The van der Waals surface area contributed by atoms with E-state index in [0.29, 0.717) is 19.5 Å². The number of carbonyl (C=O) groups is 2. The van der Waals surface area contributed by atoms with Crippen molar-refractivity contribution in [2.45, 2.75) is 25.4 Å². The highest BCUT2D eigenvalue weighted by Crippen LogP contribution is 2.12. The second-order valence-corrected chi connectivity index (χ2v) is 5.75. The average Bonchev–Trinajstić information content (AvgIpc) is 3.16. The third-order valence-corrected chi connectivity index (χ3v) is 3.96. The fourth-order valence-electron chi connectivity index (χ4n) is 2.81. The third kappa shape index (κ3) is 4.18. The standard InChI is InChI=1S/C17H20N4O2/c22-16(13-21-9-4-8-18-21)19-15-11-17(23)20(12-15)10-7-14-5-2-1-3-6-14/h1-6,8-9,15H,7,10-13H2,(H,19,22). The Morgan fingerprint density at radius 2 is 2.09 bits per heavy atom. The lowest BCUT2D eigenvalue weighted by Gasteiger charge is -2.17. The smallest absolute Gasteiger partial charge is 0.242 e. The van der Waals surface area contributed by atoms with Gasteiger partial charge in [-0.3, -0.25) is 14.3 Å². The number of nitrogens with one attached hydrogen (secondary N) is 1. The predicted octanol–water partition coefficient (Wildman–Crippen LogP) is 0.843. The van der Waals surface area contributed by atoms with E-state index in [1.165, 1.54) is 5.56 Å². The van der Waals surface area contributed by atoms with Gasteiger partial charge in [-0.1, -0.05) is 30.3 Å². The second kappa shape index (κ2) is 7.09. The highest BCUT2D eigenvalue weighted by molar-refractivity contribution is 5.82. The summed E-state index contributed by atoms with van der Waals surface area (Å²) in [6.45, 7) is 1.45. The molecule has 1 fully saturated rings. The van der Waals surface area contributed by atoms with Gasteiger partial charge in [-0.2, -0.15) is 5.10 Å². The predicted molar refractivity (Wildman–Crippen MR) is 85.5 cm³/mol. The Morgan fingerprint density at radius 1 is 1.26 bits per heavy atom. The highest BCUT2D eigenvalue weighted by Gasteiger charge is 2.30. The number of aromatic nitrogens is 2. The number of nitrogens with zero attached hydrogens (tertiary/aromatic N) is 3. The minimum absolute atomic E-state index is 0.102. The molecule has 3 rings (SSSR count). The van der Waals surface area contributed by atoms with Crippen molar-refractivity contribution in [2.75, 3.05) is 13.1 Å². The van der Waals surface area contributed by atoms with Crippen LogP contribution in [0.4, 0.5) is 0 Å². The number of hydrogen-bond acceptors (Lipinski definition) is 3. The molecule has 1 unspecified atom stereocenters. The van der Waals surface area contributed by atoms with Crippen molar-refractivity contribution in [3.05, 3.63) is 54.4 Å². The molecular formula is C17H20N4O2. The maximum Gasteiger partial charge on any atom is 0.242 e. The number of amides is 2. The van der Waals surface area contributed by atoms with Gasteiger partial charge in [0.05, 0.1) is 6.04 Å². The number of hydrogen-bond donors (Lipinski definition) is 1. The van der Waals surface area contributed by atoms with E-state index < -0.39 is 0 Å². The molecule has 6 heteroatoms. The summed E-state index contributed by atoms with van der Waals surface area (Å²) < 4.78 is 1.57. The summed E-state index contributed by atoms with van der Waals surface area (Å²) in [4.78, 5) is 25.8. The molecule has 1 aliphatic heterocycles. The van der Waals surface area contributed by atoms with Crippen LogP contribution in [0.3, 0.4) is 0 Å². The van der Waals surface area contributed by atoms with Crippen LogP contribution in [-0.2, 0) is 22.6 Å². The Morgan fingerprint density at radius 3 is 2.83 bits per heavy atom. The molecule has 1 aromatic carbocycles. The van der Waals surface area contributed by atoms with Crippen molar-refractivity contribution in [2.24, 2.45) is 0 Å². The zero-order chi connectivity index (χ0) is 16.1. The summed E-state index contributed by atoms with van der Waals surface area (Å²) in [6.07, 6.45) is 4.59. The maximum atomic E-state index is 12.1. The van der Waals surface area contributed by atoms with E-state index in [1.807, 2.05) is 23.1 Å². The van der Waals surface area contributed by atoms with Gasteiger partial charge in [0.2, 0.25) is 11.8 Å². The summed E-state index contributed by atoms with van der Waals surface area (Å²) in [7, 11) is 0. The Hall–Kier alpha value is -2.63. The molecule has 2 aromatic rings. The van der Waals surface area contributed by atoms with Gasteiger partial charge in [0.15, 0.2) is 0 Å². The van der Waals surface area contributed by atoms with E-state index in [2.05, 4.69) is 22.5 Å². The lowest BCUT2D eigenvalue weighted by Crippen LogP contribution is -2.39. The Labute approximate surface area is 135 Å². The molecule has 2 heterocycles. The van der Waals surface area contributed by atoms with Gasteiger partial charge in [-0.05, 0) is 18.1 Å². The van der Waals surface area contributed by atoms with Crippen LogP contribution in [0.15, 0.2) is 48.8 Å². The largest absolute Gasteiger partial charge is 0.349 e.